The molecular weight excluding hydrogens is 395 g/mol. The molecule has 0 unspecified atom stereocenters. The van der Waals surface area contributed by atoms with Crippen molar-refractivity contribution in [2.24, 2.45) is 0 Å². The van der Waals surface area contributed by atoms with Crippen LogP contribution in [0.3, 0.4) is 0 Å². The molecule has 1 heterocycles. The number of hydrogen-bond acceptors (Lipinski definition) is 3. The van der Waals surface area contributed by atoms with E-state index in [0.717, 1.165) is 9.17 Å². The zero-order valence-corrected chi connectivity index (χ0v) is 14.3. The number of anilines is 1. The number of rotatable bonds is 2. The fourth-order valence-electron chi connectivity index (χ4n) is 1.80. The number of thiazole rings is 1. The van der Waals surface area contributed by atoms with E-state index in [1.54, 1.807) is 18.2 Å². The summed E-state index contributed by atoms with van der Waals surface area (Å²) in [5.74, 6) is -0.233. The Balaban J connectivity index is 1.94. The molecule has 7 heteroatoms. The van der Waals surface area contributed by atoms with Crippen LogP contribution in [0, 0.1) is 0 Å². The summed E-state index contributed by atoms with van der Waals surface area (Å²) >= 11 is 16.8. The first-order chi connectivity index (χ1) is 10.1. The number of carbonyl (C=O) groups excluding carboxylic acids is 1. The van der Waals surface area contributed by atoms with Crippen LogP contribution in [0.2, 0.25) is 10.0 Å². The second-order valence-electron chi connectivity index (χ2n) is 4.16. The van der Waals surface area contributed by atoms with Crippen molar-refractivity contribution in [1.29, 1.82) is 0 Å². The predicted octanol–water partition coefficient (Wildman–Crippen LogP) is 5.62. The number of aromatic nitrogens is 1. The quantitative estimate of drug-likeness (QED) is 0.605. The number of halogens is 3. The molecule has 1 aromatic heterocycles. The Hall–Kier alpha value is -1.14. The van der Waals surface area contributed by atoms with E-state index in [1.807, 2.05) is 18.2 Å². The summed E-state index contributed by atoms with van der Waals surface area (Å²) < 4.78 is 1.59. The Bertz CT molecular complexity index is 850. The van der Waals surface area contributed by atoms with E-state index in [9.17, 15) is 4.79 Å². The van der Waals surface area contributed by atoms with Gasteiger partial charge in [0.2, 0.25) is 0 Å². The van der Waals surface area contributed by atoms with Crippen LogP contribution in [0.1, 0.15) is 10.4 Å². The molecule has 0 bridgehead atoms. The van der Waals surface area contributed by atoms with E-state index in [1.165, 1.54) is 11.3 Å². The molecule has 3 rings (SSSR count). The highest BCUT2D eigenvalue weighted by Crippen LogP contribution is 2.35. The third-order valence-electron chi connectivity index (χ3n) is 2.79. The van der Waals surface area contributed by atoms with E-state index in [4.69, 9.17) is 23.2 Å². The molecule has 21 heavy (non-hydrogen) atoms. The molecule has 106 valence electrons. The van der Waals surface area contributed by atoms with Crippen molar-refractivity contribution in [1.82, 2.24) is 4.98 Å². The molecule has 1 N–H and O–H groups in total. The largest absolute Gasteiger partial charge is 0.298 e. The lowest BCUT2D eigenvalue weighted by Crippen LogP contribution is -2.12. The van der Waals surface area contributed by atoms with Gasteiger partial charge < -0.3 is 0 Å². The minimum atomic E-state index is -0.233. The van der Waals surface area contributed by atoms with E-state index >= 15 is 0 Å². The molecule has 0 radical (unpaired) electrons. The third kappa shape index (κ3) is 2.92. The van der Waals surface area contributed by atoms with Gasteiger partial charge in [0.15, 0.2) is 5.13 Å². The Labute approximate surface area is 143 Å². The maximum absolute atomic E-state index is 12.2. The van der Waals surface area contributed by atoms with Gasteiger partial charge >= 0.3 is 0 Å². The summed E-state index contributed by atoms with van der Waals surface area (Å²) in [4.78, 5) is 16.6. The molecular formula is C14H7BrCl2N2OS. The number of hydrogen-bond donors (Lipinski definition) is 1. The lowest BCUT2D eigenvalue weighted by Gasteiger charge is -2.03. The summed E-state index contributed by atoms with van der Waals surface area (Å²) in [6.45, 7) is 0. The lowest BCUT2D eigenvalue weighted by molar-refractivity contribution is 0.102. The molecule has 3 nitrogen and oxygen atoms in total. The van der Waals surface area contributed by atoms with Crippen LogP contribution in [0.4, 0.5) is 5.13 Å². The Morgan fingerprint density at radius 1 is 1.19 bits per heavy atom. The van der Waals surface area contributed by atoms with Gasteiger partial charge in [-0.05, 0) is 40.2 Å². The van der Waals surface area contributed by atoms with E-state index in [0.29, 0.717) is 26.3 Å². The molecule has 0 aliphatic rings. The minimum absolute atomic E-state index is 0.233. The van der Waals surface area contributed by atoms with E-state index < -0.39 is 0 Å². The summed E-state index contributed by atoms with van der Waals surface area (Å²) in [6.07, 6.45) is 0. The molecule has 3 aromatic rings. The third-order valence-corrected chi connectivity index (χ3v) is 5.21. The smallest absolute Gasteiger partial charge is 0.258 e. The molecule has 0 saturated heterocycles. The van der Waals surface area contributed by atoms with Gasteiger partial charge in [-0.25, -0.2) is 4.98 Å². The van der Waals surface area contributed by atoms with Crippen molar-refractivity contribution in [2.75, 3.05) is 5.32 Å². The molecule has 2 aromatic carbocycles. The first kappa shape index (κ1) is 14.8. The Morgan fingerprint density at radius 2 is 1.95 bits per heavy atom. The molecule has 0 spiro atoms. The average molecular weight is 402 g/mol. The number of carbonyl (C=O) groups is 1. The highest BCUT2D eigenvalue weighted by atomic mass is 79.9. The van der Waals surface area contributed by atoms with Crippen molar-refractivity contribution in [3.05, 3.63) is 56.5 Å². The van der Waals surface area contributed by atoms with Crippen molar-refractivity contribution in [2.45, 2.75) is 0 Å². The highest BCUT2D eigenvalue weighted by Gasteiger charge is 2.14. The molecule has 0 atom stereocenters. The van der Waals surface area contributed by atoms with Gasteiger partial charge in [0.1, 0.15) is 5.52 Å². The van der Waals surface area contributed by atoms with Crippen LogP contribution in [0.5, 0.6) is 0 Å². The van der Waals surface area contributed by atoms with Gasteiger partial charge in [-0.2, -0.15) is 0 Å². The van der Waals surface area contributed by atoms with Crippen LogP contribution >= 0.6 is 50.5 Å². The lowest BCUT2D eigenvalue weighted by atomic mass is 10.2. The molecule has 0 aliphatic carbocycles. The van der Waals surface area contributed by atoms with Crippen LogP contribution in [0.25, 0.3) is 10.2 Å². The van der Waals surface area contributed by atoms with Crippen molar-refractivity contribution >= 4 is 71.7 Å². The van der Waals surface area contributed by atoms with Gasteiger partial charge in [-0.1, -0.05) is 46.7 Å². The highest BCUT2D eigenvalue weighted by molar-refractivity contribution is 9.10. The minimum Gasteiger partial charge on any atom is -0.298 e. The number of amides is 1. The van der Waals surface area contributed by atoms with Gasteiger partial charge in [0.05, 0.1) is 20.3 Å². The standard InChI is InChI=1S/C14H7BrCl2N2OS/c15-8-4-2-1-3-7(8)13(20)19-14-18-12-10(21-14)6-5-9(16)11(12)17/h1-6H,(H,18,19,20). The van der Waals surface area contributed by atoms with Gasteiger partial charge in [-0.15, -0.1) is 0 Å². The fraction of sp³-hybridized carbons (Fsp3) is 0. The van der Waals surface area contributed by atoms with Gasteiger partial charge in [0.25, 0.3) is 5.91 Å². The van der Waals surface area contributed by atoms with Gasteiger partial charge in [0, 0.05) is 4.47 Å². The first-order valence-electron chi connectivity index (χ1n) is 5.86. The summed E-state index contributed by atoms with van der Waals surface area (Å²) in [6, 6.07) is 10.7. The second-order valence-corrected chi connectivity index (χ2v) is 6.83. The monoisotopic (exact) mass is 400 g/mol. The Kier molecular flexibility index (Phi) is 4.17. The summed E-state index contributed by atoms with van der Waals surface area (Å²) in [7, 11) is 0. The SMILES string of the molecule is O=C(Nc1nc2c(Cl)c(Cl)ccc2s1)c1ccccc1Br. The molecule has 0 saturated carbocycles. The molecule has 0 fully saturated rings. The van der Waals surface area contributed by atoms with Crippen molar-refractivity contribution in [3.8, 4) is 0 Å². The summed E-state index contributed by atoms with van der Waals surface area (Å²) in [5.41, 5.74) is 1.14. The molecule has 1 amide bonds. The molecule has 0 aliphatic heterocycles. The Morgan fingerprint density at radius 3 is 2.71 bits per heavy atom. The fourth-order valence-corrected chi connectivity index (χ4v) is 3.55. The van der Waals surface area contributed by atoms with Crippen LogP contribution < -0.4 is 5.32 Å². The summed E-state index contributed by atoms with van der Waals surface area (Å²) in [5, 5.41) is 4.09. The topological polar surface area (TPSA) is 42.0 Å². The number of nitrogens with zero attached hydrogens (tertiary/aromatic N) is 1. The van der Waals surface area contributed by atoms with Gasteiger partial charge in [-0.3, -0.25) is 10.1 Å². The van der Waals surface area contributed by atoms with Crippen molar-refractivity contribution in [3.63, 3.8) is 0 Å². The maximum atomic E-state index is 12.2. The van der Waals surface area contributed by atoms with E-state index in [2.05, 4.69) is 26.2 Å². The first-order valence-corrected chi connectivity index (χ1v) is 8.23. The second kappa shape index (κ2) is 5.93. The zero-order chi connectivity index (χ0) is 15.0. The predicted molar refractivity (Wildman–Crippen MR) is 91.7 cm³/mol. The number of nitrogens with one attached hydrogen (secondary N) is 1. The number of benzene rings is 2. The van der Waals surface area contributed by atoms with Crippen LogP contribution in [-0.2, 0) is 0 Å². The maximum Gasteiger partial charge on any atom is 0.258 e. The number of fused-ring (bicyclic) bond motifs is 1. The average Bonchev–Trinajstić information content (AvgIpc) is 2.87. The normalized spacial score (nSPS) is 10.8. The van der Waals surface area contributed by atoms with Crippen molar-refractivity contribution < 1.29 is 4.79 Å². The van der Waals surface area contributed by atoms with Crippen LogP contribution in [-0.4, -0.2) is 10.9 Å². The zero-order valence-electron chi connectivity index (χ0n) is 10.4. The van der Waals surface area contributed by atoms with Crippen LogP contribution in [0.15, 0.2) is 40.9 Å². The van der Waals surface area contributed by atoms with E-state index in [-0.39, 0.29) is 5.91 Å².